The zero-order chi connectivity index (χ0) is 11.5. The van der Waals surface area contributed by atoms with Crippen LogP contribution >= 0.6 is 23.1 Å². The van der Waals surface area contributed by atoms with E-state index in [4.69, 9.17) is 9.15 Å². The lowest BCUT2D eigenvalue weighted by molar-refractivity contribution is 0.128. The Bertz CT molecular complexity index is 464. The van der Waals surface area contributed by atoms with E-state index in [0.717, 1.165) is 30.1 Å². The van der Waals surface area contributed by atoms with Gasteiger partial charge in [-0.1, -0.05) is 17.8 Å². The van der Waals surface area contributed by atoms with Crippen molar-refractivity contribution < 1.29 is 9.15 Å². The Labute approximate surface area is 107 Å². The van der Waals surface area contributed by atoms with Crippen molar-refractivity contribution in [2.24, 2.45) is 0 Å². The zero-order valence-electron chi connectivity index (χ0n) is 9.17. The van der Waals surface area contributed by atoms with Gasteiger partial charge in [0.15, 0.2) is 0 Å². The predicted octanol–water partition coefficient (Wildman–Crippen LogP) is 3.07. The number of rotatable bonds is 4. The first-order valence-electron chi connectivity index (χ1n) is 5.53. The van der Waals surface area contributed by atoms with E-state index in [0.29, 0.717) is 17.2 Å². The molecule has 4 nitrogen and oxygen atoms in total. The molecule has 1 fully saturated rings. The largest absolute Gasteiger partial charge is 0.410 e. The third-order valence-electron chi connectivity index (χ3n) is 2.56. The van der Waals surface area contributed by atoms with Crippen LogP contribution < -0.4 is 0 Å². The summed E-state index contributed by atoms with van der Waals surface area (Å²) < 4.78 is 11.1. The Morgan fingerprint density at radius 2 is 2.47 bits per heavy atom. The van der Waals surface area contributed by atoms with Crippen LogP contribution in [0.15, 0.2) is 27.2 Å². The molecule has 3 rings (SSSR count). The topological polar surface area (TPSA) is 48.2 Å². The smallest absolute Gasteiger partial charge is 0.276 e. The second-order valence-corrected chi connectivity index (χ2v) is 5.72. The van der Waals surface area contributed by atoms with Gasteiger partial charge in [-0.05, 0) is 24.3 Å². The van der Waals surface area contributed by atoms with Crippen LogP contribution in [0.4, 0.5) is 0 Å². The fourth-order valence-electron chi connectivity index (χ4n) is 1.71. The van der Waals surface area contributed by atoms with Gasteiger partial charge < -0.3 is 9.15 Å². The van der Waals surface area contributed by atoms with Crippen molar-refractivity contribution in [3.05, 3.63) is 17.5 Å². The van der Waals surface area contributed by atoms with Gasteiger partial charge in [-0.3, -0.25) is 0 Å². The SMILES string of the molecule is c1csc(-c2nnc(SCC3CCCO3)o2)c1. The van der Waals surface area contributed by atoms with Crippen LogP contribution in [-0.4, -0.2) is 28.7 Å². The molecule has 6 heteroatoms. The van der Waals surface area contributed by atoms with E-state index < -0.39 is 0 Å². The van der Waals surface area contributed by atoms with Gasteiger partial charge in [0.2, 0.25) is 0 Å². The maximum Gasteiger partial charge on any atom is 0.276 e. The number of thioether (sulfide) groups is 1. The summed E-state index contributed by atoms with van der Waals surface area (Å²) in [6, 6.07) is 3.95. The number of hydrogen-bond acceptors (Lipinski definition) is 6. The van der Waals surface area contributed by atoms with Crippen LogP contribution in [0.25, 0.3) is 10.8 Å². The van der Waals surface area contributed by atoms with Crippen molar-refractivity contribution in [1.29, 1.82) is 0 Å². The molecular weight excluding hydrogens is 256 g/mol. The van der Waals surface area contributed by atoms with E-state index in [9.17, 15) is 0 Å². The van der Waals surface area contributed by atoms with Crippen LogP contribution in [0.3, 0.4) is 0 Å². The van der Waals surface area contributed by atoms with E-state index in [-0.39, 0.29) is 0 Å². The van der Waals surface area contributed by atoms with Gasteiger partial charge in [0, 0.05) is 12.4 Å². The first kappa shape index (κ1) is 11.3. The monoisotopic (exact) mass is 268 g/mol. The first-order chi connectivity index (χ1) is 8.42. The lowest BCUT2D eigenvalue weighted by atomic mass is 10.3. The molecule has 0 N–H and O–H groups in total. The molecule has 1 aliphatic heterocycles. The number of hydrogen-bond donors (Lipinski definition) is 0. The van der Waals surface area contributed by atoms with E-state index in [1.165, 1.54) is 0 Å². The summed E-state index contributed by atoms with van der Waals surface area (Å²) in [7, 11) is 0. The molecule has 2 aromatic heterocycles. The third-order valence-corrected chi connectivity index (χ3v) is 4.36. The van der Waals surface area contributed by atoms with Crippen molar-refractivity contribution in [1.82, 2.24) is 10.2 Å². The Balaban J connectivity index is 1.60. The van der Waals surface area contributed by atoms with Crippen LogP contribution in [0.5, 0.6) is 0 Å². The van der Waals surface area contributed by atoms with Gasteiger partial charge in [0.05, 0.1) is 11.0 Å². The minimum absolute atomic E-state index is 0.345. The standard InChI is InChI=1S/C11H12N2O2S2/c1-3-8(14-5-1)7-17-11-13-12-10(15-11)9-4-2-6-16-9/h2,4,6,8H,1,3,5,7H2. The van der Waals surface area contributed by atoms with Crippen molar-refractivity contribution in [2.75, 3.05) is 12.4 Å². The molecule has 0 spiro atoms. The highest BCUT2D eigenvalue weighted by Gasteiger charge is 2.17. The summed E-state index contributed by atoms with van der Waals surface area (Å²) >= 11 is 3.18. The molecule has 0 bridgehead atoms. The number of aromatic nitrogens is 2. The first-order valence-corrected chi connectivity index (χ1v) is 7.40. The van der Waals surface area contributed by atoms with Gasteiger partial charge in [0.25, 0.3) is 11.1 Å². The Kier molecular flexibility index (Phi) is 3.44. The molecule has 0 saturated carbocycles. The van der Waals surface area contributed by atoms with Crippen LogP contribution in [-0.2, 0) is 4.74 Å². The summed E-state index contributed by atoms with van der Waals surface area (Å²) in [5, 5.41) is 10.7. The predicted molar refractivity (Wildman–Crippen MR) is 67.3 cm³/mol. The normalized spacial score (nSPS) is 19.9. The molecule has 3 heterocycles. The Morgan fingerprint density at radius 3 is 3.24 bits per heavy atom. The molecule has 0 aromatic carbocycles. The lowest BCUT2D eigenvalue weighted by Crippen LogP contribution is -2.07. The molecule has 2 aromatic rings. The highest BCUT2D eigenvalue weighted by Crippen LogP contribution is 2.28. The molecule has 0 aliphatic carbocycles. The summed E-state index contributed by atoms with van der Waals surface area (Å²) in [6.45, 7) is 0.884. The van der Waals surface area contributed by atoms with Gasteiger partial charge in [-0.15, -0.1) is 21.5 Å². The molecule has 1 unspecified atom stereocenters. The molecule has 1 saturated heterocycles. The van der Waals surface area contributed by atoms with Crippen LogP contribution in [0.2, 0.25) is 0 Å². The lowest BCUT2D eigenvalue weighted by Gasteiger charge is -2.05. The van der Waals surface area contributed by atoms with Crippen molar-refractivity contribution in [3.8, 4) is 10.8 Å². The second-order valence-electron chi connectivity index (χ2n) is 3.80. The minimum atomic E-state index is 0.345. The van der Waals surface area contributed by atoms with Crippen LogP contribution in [0.1, 0.15) is 12.8 Å². The maximum absolute atomic E-state index is 5.58. The van der Waals surface area contributed by atoms with E-state index >= 15 is 0 Å². The van der Waals surface area contributed by atoms with Gasteiger partial charge in [-0.2, -0.15) is 0 Å². The summed E-state index contributed by atoms with van der Waals surface area (Å²) in [5.74, 6) is 1.50. The molecule has 90 valence electrons. The van der Waals surface area contributed by atoms with Gasteiger partial charge >= 0.3 is 0 Å². The molecule has 0 amide bonds. The fourth-order valence-corrected chi connectivity index (χ4v) is 3.18. The highest BCUT2D eigenvalue weighted by atomic mass is 32.2. The summed E-state index contributed by atoms with van der Waals surface area (Å²) in [6.07, 6.45) is 2.64. The average Bonchev–Trinajstić information content (AvgIpc) is 3.09. The molecule has 17 heavy (non-hydrogen) atoms. The highest BCUT2D eigenvalue weighted by molar-refractivity contribution is 7.99. The van der Waals surface area contributed by atoms with Crippen molar-refractivity contribution >= 4 is 23.1 Å². The fraction of sp³-hybridized carbons (Fsp3) is 0.455. The van der Waals surface area contributed by atoms with Gasteiger partial charge in [0.1, 0.15) is 0 Å². The van der Waals surface area contributed by atoms with E-state index in [2.05, 4.69) is 10.2 Å². The summed E-state index contributed by atoms with van der Waals surface area (Å²) in [5.41, 5.74) is 0. The minimum Gasteiger partial charge on any atom is -0.410 e. The molecule has 0 radical (unpaired) electrons. The van der Waals surface area contributed by atoms with E-state index in [1.807, 2.05) is 17.5 Å². The average molecular weight is 268 g/mol. The Hall–Kier alpha value is -0.850. The zero-order valence-corrected chi connectivity index (χ0v) is 10.8. The number of nitrogens with zero attached hydrogens (tertiary/aromatic N) is 2. The molecule has 1 atom stereocenters. The van der Waals surface area contributed by atoms with E-state index in [1.54, 1.807) is 23.1 Å². The number of thiophene rings is 1. The van der Waals surface area contributed by atoms with Crippen molar-refractivity contribution in [2.45, 2.75) is 24.2 Å². The maximum atomic E-state index is 5.58. The molecular formula is C11H12N2O2S2. The quantitative estimate of drug-likeness (QED) is 0.798. The van der Waals surface area contributed by atoms with Gasteiger partial charge in [-0.25, -0.2) is 0 Å². The second kappa shape index (κ2) is 5.20. The molecule has 1 aliphatic rings. The van der Waals surface area contributed by atoms with Crippen LogP contribution in [0, 0.1) is 0 Å². The Morgan fingerprint density at radius 1 is 1.47 bits per heavy atom. The summed E-state index contributed by atoms with van der Waals surface area (Å²) in [4.78, 5) is 1.02. The third kappa shape index (κ3) is 2.70. The van der Waals surface area contributed by atoms with Crippen molar-refractivity contribution in [3.63, 3.8) is 0 Å². The number of ether oxygens (including phenoxy) is 1.